The molecule has 0 amide bonds. The highest BCUT2D eigenvalue weighted by Gasteiger charge is 2.20. The molecule has 1 aromatic heterocycles. The Balaban J connectivity index is 1.32. The first-order valence-electron chi connectivity index (χ1n) is 7.83. The summed E-state index contributed by atoms with van der Waals surface area (Å²) < 4.78 is 11.3. The fourth-order valence-electron chi connectivity index (χ4n) is 2.51. The zero-order chi connectivity index (χ0) is 13.6. The van der Waals surface area contributed by atoms with Crippen molar-refractivity contribution in [3.63, 3.8) is 0 Å². The highest BCUT2D eigenvalue weighted by molar-refractivity contribution is 5.19. The molecule has 0 aromatic carbocycles. The van der Waals surface area contributed by atoms with Crippen LogP contribution in [0.2, 0.25) is 0 Å². The van der Waals surface area contributed by atoms with Gasteiger partial charge in [0, 0.05) is 19.2 Å². The Morgan fingerprint density at radius 2 is 2.25 bits per heavy atom. The van der Waals surface area contributed by atoms with Crippen LogP contribution in [0.15, 0.2) is 18.3 Å². The number of nitrogens with zero attached hydrogens (tertiary/aromatic N) is 1. The standard InChI is InChI=1S/C16H24N2O2/c1-3-15(19-9-1)4-2-10-20-16-8-7-14(18-12-16)11-17-13-5-6-13/h7-8,12-13,15,17H,1-6,9-11H2. The maximum atomic E-state index is 5.72. The SMILES string of the molecule is c1cc(CNC2CC2)ncc1OCCCC1CCCO1. The molecule has 0 bridgehead atoms. The summed E-state index contributed by atoms with van der Waals surface area (Å²) in [6.07, 6.45) is 9.50. The van der Waals surface area contributed by atoms with Crippen molar-refractivity contribution in [1.29, 1.82) is 0 Å². The van der Waals surface area contributed by atoms with Crippen LogP contribution < -0.4 is 10.1 Å². The molecular formula is C16H24N2O2. The van der Waals surface area contributed by atoms with Gasteiger partial charge in [0.05, 0.1) is 24.6 Å². The number of ether oxygens (including phenoxy) is 2. The maximum absolute atomic E-state index is 5.72. The van der Waals surface area contributed by atoms with E-state index in [1.54, 1.807) is 0 Å². The third-order valence-corrected chi connectivity index (χ3v) is 3.91. The molecule has 1 atom stereocenters. The Kier molecular flexibility index (Phi) is 4.87. The van der Waals surface area contributed by atoms with Gasteiger partial charge in [0.1, 0.15) is 5.75 Å². The second-order valence-electron chi connectivity index (χ2n) is 5.77. The molecule has 1 aromatic rings. The Hall–Kier alpha value is -1.13. The van der Waals surface area contributed by atoms with Crippen LogP contribution in [-0.2, 0) is 11.3 Å². The van der Waals surface area contributed by atoms with Gasteiger partial charge in [0.25, 0.3) is 0 Å². The fourth-order valence-corrected chi connectivity index (χ4v) is 2.51. The summed E-state index contributed by atoms with van der Waals surface area (Å²) in [6, 6.07) is 4.79. The normalized spacial score (nSPS) is 22.1. The van der Waals surface area contributed by atoms with Crippen LogP contribution in [0.25, 0.3) is 0 Å². The highest BCUT2D eigenvalue weighted by Crippen LogP contribution is 2.19. The Bertz CT molecular complexity index is 397. The second kappa shape index (κ2) is 7.04. The Labute approximate surface area is 120 Å². The first-order valence-corrected chi connectivity index (χ1v) is 7.83. The van der Waals surface area contributed by atoms with Gasteiger partial charge >= 0.3 is 0 Å². The average Bonchev–Trinajstić information content (AvgIpc) is 3.17. The van der Waals surface area contributed by atoms with E-state index in [1.807, 2.05) is 18.3 Å². The molecule has 2 aliphatic rings. The van der Waals surface area contributed by atoms with Crippen molar-refractivity contribution in [1.82, 2.24) is 10.3 Å². The van der Waals surface area contributed by atoms with Gasteiger partial charge in [0.2, 0.25) is 0 Å². The van der Waals surface area contributed by atoms with Crippen molar-refractivity contribution in [3.05, 3.63) is 24.0 Å². The maximum Gasteiger partial charge on any atom is 0.137 e. The van der Waals surface area contributed by atoms with Gasteiger partial charge in [-0.1, -0.05) is 0 Å². The summed E-state index contributed by atoms with van der Waals surface area (Å²) in [5.41, 5.74) is 1.09. The van der Waals surface area contributed by atoms with Crippen LogP contribution in [0, 0.1) is 0 Å². The molecule has 0 radical (unpaired) electrons. The van der Waals surface area contributed by atoms with E-state index >= 15 is 0 Å². The summed E-state index contributed by atoms with van der Waals surface area (Å²) in [6.45, 7) is 2.55. The van der Waals surface area contributed by atoms with Gasteiger partial charge in [-0.15, -0.1) is 0 Å². The number of hydrogen-bond donors (Lipinski definition) is 1. The largest absolute Gasteiger partial charge is 0.492 e. The first-order chi connectivity index (χ1) is 9.90. The van der Waals surface area contributed by atoms with Gasteiger partial charge in [-0.3, -0.25) is 4.98 Å². The van der Waals surface area contributed by atoms with E-state index in [4.69, 9.17) is 9.47 Å². The summed E-state index contributed by atoms with van der Waals surface area (Å²) in [4.78, 5) is 4.42. The Morgan fingerprint density at radius 3 is 2.95 bits per heavy atom. The lowest BCUT2D eigenvalue weighted by atomic mass is 10.1. The van der Waals surface area contributed by atoms with Crippen LogP contribution >= 0.6 is 0 Å². The zero-order valence-corrected chi connectivity index (χ0v) is 12.0. The van der Waals surface area contributed by atoms with E-state index in [0.717, 1.165) is 50.1 Å². The summed E-state index contributed by atoms with van der Waals surface area (Å²) >= 11 is 0. The summed E-state index contributed by atoms with van der Waals surface area (Å²) in [5, 5.41) is 3.46. The van der Waals surface area contributed by atoms with Crippen LogP contribution in [0.1, 0.15) is 44.2 Å². The minimum Gasteiger partial charge on any atom is -0.492 e. The van der Waals surface area contributed by atoms with Gasteiger partial charge < -0.3 is 14.8 Å². The predicted molar refractivity (Wildman–Crippen MR) is 77.8 cm³/mol. The van der Waals surface area contributed by atoms with Crippen molar-refractivity contribution in [3.8, 4) is 5.75 Å². The van der Waals surface area contributed by atoms with E-state index in [-0.39, 0.29) is 0 Å². The van der Waals surface area contributed by atoms with Gasteiger partial charge in [0.15, 0.2) is 0 Å². The highest BCUT2D eigenvalue weighted by atomic mass is 16.5. The number of nitrogens with one attached hydrogen (secondary N) is 1. The molecule has 1 N–H and O–H groups in total. The molecule has 2 fully saturated rings. The van der Waals surface area contributed by atoms with Gasteiger partial charge in [-0.05, 0) is 50.7 Å². The molecule has 4 heteroatoms. The number of rotatable bonds is 8. The topological polar surface area (TPSA) is 43.4 Å². The predicted octanol–water partition coefficient (Wildman–Crippen LogP) is 2.67. The minimum atomic E-state index is 0.465. The van der Waals surface area contributed by atoms with E-state index in [1.165, 1.54) is 25.7 Å². The molecule has 3 rings (SSSR count). The molecule has 0 spiro atoms. The molecule has 2 heterocycles. The molecule has 1 unspecified atom stereocenters. The van der Waals surface area contributed by atoms with Gasteiger partial charge in [-0.2, -0.15) is 0 Å². The van der Waals surface area contributed by atoms with Crippen LogP contribution in [0.4, 0.5) is 0 Å². The average molecular weight is 276 g/mol. The third kappa shape index (κ3) is 4.46. The first kappa shape index (κ1) is 13.8. The summed E-state index contributed by atoms with van der Waals surface area (Å²) in [5.74, 6) is 0.868. The van der Waals surface area contributed by atoms with Crippen molar-refractivity contribution in [2.24, 2.45) is 0 Å². The van der Waals surface area contributed by atoms with Crippen molar-refractivity contribution >= 4 is 0 Å². The zero-order valence-electron chi connectivity index (χ0n) is 12.0. The molecule has 1 aliphatic carbocycles. The molecular weight excluding hydrogens is 252 g/mol. The van der Waals surface area contributed by atoms with Crippen LogP contribution in [0.5, 0.6) is 5.75 Å². The second-order valence-corrected chi connectivity index (χ2v) is 5.77. The van der Waals surface area contributed by atoms with Crippen molar-refractivity contribution < 1.29 is 9.47 Å². The summed E-state index contributed by atoms with van der Waals surface area (Å²) in [7, 11) is 0. The van der Waals surface area contributed by atoms with Crippen LogP contribution in [0.3, 0.4) is 0 Å². The van der Waals surface area contributed by atoms with Crippen molar-refractivity contribution in [2.45, 2.75) is 57.2 Å². The number of pyridine rings is 1. The monoisotopic (exact) mass is 276 g/mol. The van der Waals surface area contributed by atoms with E-state index in [0.29, 0.717) is 6.10 Å². The third-order valence-electron chi connectivity index (χ3n) is 3.91. The quantitative estimate of drug-likeness (QED) is 0.741. The van der Waals surface area contributed by atoms with Crippen LogP contribution in [-0.4, -0.2) is 30.3 Å². The number of hydrogen-bond acceptors (Lipinski definition) is 4. The molecule has 20 heavy (non-hydrogen) atoms. The van der Waals surface area contributed by atoms with Crippen molar-refractivity contribution in [2.75, 3.05) is 13.2 Å². The molecule has 1 saturated carbocycles. The molecule has 4 nitrogen and oxygen atoms in total. The molecule has 110 valence electrons. The lowest BCUT2D eigenvalue weighted by Crippen LogP contribution is -2.16. The van der Waals surface area contributed by atoms with Gasteiger partial charge in [-0.25, -0.2) is 0 Å². The van der Waals surface area contributed by atoms with E-state index in [9.17, 15) is 0 Å². The van der Waals surface area contributed by atoms with E-state index in [2.05, 4.69) is 10.3 Å². The smallest absolute Gasteiger partial charge is 0.137 e. The Morgan fingerprint density at radius 1 is 1.30 bits per heavy atom. The lowest BCUT2D eigenvalue weighted by molar-refractivity contribution is 0.0981. The molecule has 1 aliphatic heterocycles. The van der Waals surface area contributed by atoms with E-state index < -0.39 is 0 Å². The minimum absolute atomic E-state index is 0.465. The molecule has 1 saturated heterocycles. The fraction of sp³-hybridized carbons (Fsp3) is 0.688. The number of aromatic nitrogens is 1. The lowest BCUT2D eigenvalue weighted by Gasteiger charge is -2.10.